The summed E-state index contributed by atoms with van der Waals surface area (Å²) in [6.07, 6.45) is 0.972. The summed E-state index contributed by atoms with van der Waals surface area (Å²) in [5.74, 6) is 0.798. The number of ether oxygens (including phenoxy) is 1. The van der Waals surface area contributed by atoms with E-state index in [1.807, 2.05) is 37.2 Å². The first kappa shape index (κ1) is 14.9. The first-order chi connectivity index (χ1) is 9.58. The van der Waals surface area contributed by atoms with Crippen molar-refractivity contribution < 1.29 is 4.74 Å². The minimum atomic E-state index is 0.692. The Labute approximate surface area is 127 Å². The average molecular weight is 310 g/mol. The fourth-order valence-electron chi connectivity index (χ4n) is 1.48. The van der Waals surface area contributed by atoms with Crippen LogP contribution in [0.4, 0.5) is 10.8 Å². The van der Waals surface area contributed by atoms with Crippen LogP contribution in [0, 0.1) is 0 Å². The van der Waals surface area contributed by atoms with Crippen molar-refractivity contribution in [3.63, 3.8) is 0 Å². The number of benzene rings is 1. The SMILES string of the molecule is CCCOc1cc(N)cc(Sc2nnc(N(C)C)s2)c1. The van der Waals surface area contributed by atoms with Crippen LogP contribution in [0.2, 0.25) is 0 Å². The van der Waals surface area contributed by atoms with E-state index >= 15 is 0 Å². The highest BCUT2D eigenvalue weighted by Crippen LogP contribution is 2.35. The summed E-state index contributed by atoms with van der Waals surface area (Å²) in [6.45, 7) is 2.77. The maximum Gasteiger partial charge on any atom is 0.208 e. The molecule has 0 unspecified atom stereocenters. The number of aromatic nitrogens is 2. The maximum absolute atomic E-state index is 5.90. The minimum Gasteiger partial charge on any atom is -0.493 e. The Bertz CT molecular complexity index is 571. The molecule has 2 aromatic rings. The van der Waals surface area contributed by atoms with Crippen LogP contribution in [-0.4, -0.2) is 30.9 Å². The highest BCUT2D eigenvalue weighted by atomic mass is 32.2. The first-order valence-corrected chi connectivity index (χ1v) is 7.94. The number of nitrogen functional groups attached to an aromatic ring is 1. The largest absolute Gasteiger partial charge is 0.493 e. The van der Waals surface area contributed by atoms with Crippen molar-refractivity contribution in [2.24, 2.45) is 0 Å². The van der Waals surface area contributed by atoms with Crippen LogP contribution in [0.25, 0.3) is 0 Å². The molecule has 7 heteroatoms. The third kappa shape index (κ3) is 4.01. The monoisotopic (exact) mass is 310 g/mol. The van der Waals surface area contributed by atoms with Gasteiger partial charge in [-0.1, -0.05) is 30.0 Å². The van der Waals surface area contributed by atoms with Gasteiger partial charge in [0.2, 0.25) is 5.13 Å². The van der Waals surface area contributed by atoms with Gasteiger partial charge in [0.05, 0.1) is 6.61 Å². The molecule has 20 heavy (non-hydrogen) atoms. The van der Waals surface area contributed by atoms with E-state index in [1.165, 1.54) is 0 Å². The third-order valence-corrected chi connectivity index (χ3v) is 4.47. The molecular weight excluding hydrogens is 292 g/mol. The van der Waals surface area contributed by atoms with Crippen molar-refractivity contribution in [1.82, 2.24) is 10.2 Å². The number of nitrogens with zero attached hydrogens (tertiary/aromatic N) is 3. The van der Waals surface area contributed by atoms with Crippen molar-refractivity contribution in [2.45, 2.75) is 22.6 Å². The summed E-state index contributed by atoms with van der Waals surface area (Å²) < 4.78 is 6.51. The number of hydrogen-bond donors (Lipinski definition) is 1. The van der Waals surface area contributed by atoms with Gasteiger partial charge in [-0.2, -0.15) is 0 Å². The fourth-order valence-corrected chi connectivity index (χ4v) is 3.32. The summed E-state index contributed by atoms with van der Waals surface area (Å²) in [6, 6.07) is 5.73. The van der Waals surface area contributed by atoms with Crippen molar-refractivity contribution in [1.29, 1.82) is 0 Å². The van der Waals surface area contributed by atoms with Crippen LogP contribution in [0.5, 0.6) is 5.75 Å². The van der Waals surface area contributed by atoms with Crippen LogP contribution >= 0.6 is 23.1 Å². The molecule has 0 aliphatic rings. The van der Waals surface area contributed by atoms with Gasteiger partial charge < -0.3 is 15.4 Å². The standard InChI is InChI=1S/C13H18N4OS2/c1-4-5-18-10-6-9(14)7-11(8-10)19-13-16-15-12(20-13)17(2)3/h6-8H,4-5,14H2,1-3H3. The van der Waals surface area contributed by atoms with Gasteiger partial charge in [0.25, 0.3) is 0 Å². The van der Waals surface area contributed by atoms with Gasteiger partial charge in [0, 0.05) is 30.7 Å². The predicted molar refractivity (Wildman–Crippen MR) is 85.0 cm³/mol. The van der Waals surface area contributed by atoms with E-state index in [2.05, 4.69) is 17.1 Å². The summed E-state index contributed by atoms with van der Waals surface area (Å²) in [5.41, 5.74) is 6.60. The molecule has 0 aliphatic heterocycles. The van der Waals surface area contributed by atoms with E-state index in [1.54, 1.807) is 23.1 Å². The molecule has 0 bridgehead atoms. The van der Waals surface area contributed by atoms with Crippen molar-refractivity contribution in [2.75, 3.05) is 31.3 Å². The molecular formula is C13H18N4OS2. The zero-order chi connectivity index (χ0) is 14.5. The van der Waals surface area contributed by atoms with Gasteiger partial charge >= 0.3 is 0 Å². The lowest BCUT2D eigenvalue weighted by Crippen LogP contribution is -2.07. The lowest BCUT2D eigenvalue weighted by molar-refractivity contribution is 0.317. The number of hydrogen-bond acceptors (Lipinski definition) is 7. The predicted octanol–water partition coefficient (Wildman–Crippen LogP) is 3.13. The van der Waals surface area contributed by atoms with Crippen LogP contribution in [0.3, 0.4) is 0 Å². The van der Waals surface area contributed by atoms with Gasteiger partial charge in [-0.3, -0.25) is 0 Å². The quantitative estimate of drug-likeness (QED) is 0.827. The van der Waals surface area contributed by atoms with Crippen LogP contribution < -0.4 is 15.4 Å². The third-order valence-electron chi connectivity index (χ3n) is 2.36. The smallest absolute Gasteiger partial charge is 0.208 e. The summed E-state index contributed by atoms with van der Waals surface area (Å²) >= 11 is 3.10. The Morgan fingerprint density at radius 3 is 2.75 bits per heavy atom. The van der Waals surface area contributed by atoms with Crippen LogP contribution in [0.1, 0.15) is 13.3 Å². The van der Waals surface area contributed by atoms with Gasteiger partial charge in [0.15, 0.2) is 4.34 Å². The molecule has 1 aromatic heterocycles. The Hall–Kier alpha value is -1.47. The molecule has 2 rings (SSSR count). The van der Waals surface area contributed by atoms with E-state index in [4.69, 9.17) is 10.5 Å². The molecule has 2 N–H and O–H groups in total. The zero-order valence-corrected chi connectivity index (χ0v) is 13.4. The number of rotatable bonds is 6. The lowest BCUT2D eigenvalue weighted by Gasteiger charge is -2.07. The molecule has 1 heterocycles. The second kappa shape index (κ2) is 6.81. The number of anilines is 2. The molecule has 0 fully saturated rings. The van der Waals surface area contributed by atoms with Crippen LogP contribution in [-0.2, 0) is 0 Å². The molecule has 0 atom stereocenters. The Balaban J connectivity index is 2.13. The average Bonchev–Trinajstić information content (AvgIpc) is 2.84. The Morgan fingerprint density at radius 2 is 2.10 bits per heavy atom. The zero-order valence-electron chi connectivity index (χ0n) is 11.8. The van der Waals surface area contributed by atoms with E-state index in [0.29, 0.717) is 12.3 Å². The van der Waals surface area contributed by atoms with E-state index in [-0.39, 0.29) is 0 Å². The highest BCUT2D eigenvalue weighted by molar-refractivity contribution is 8.01. The first-order valence-electron chi connectivity index (χ1n) is 6.30. The van der Waals surface area contributed by atoms with E-state index in [0.717, 1.165) is 26.5 Å². The number of nitrogens with two attached hydrogens (primary N) is 1. The Kier molecular flexibility index (Phi) is 5.08. The normalized spacial score (nSPS) is 10.6. The molecule has 0 saturated heterocycles. The van der Waals surface area contributed by atoms with Crippen molar-refractivity contribution in [3.05, 3.63) is 18.2 Å². The summed E-state index contributed by atoms with van der Waals surface area (Å²) in [5, 5.41) is 9.17. The van der Waals surface area contributed by atoms with E-state index < -0.39 is 0 Å². The second-order valence-corrected chi connectivity index (χ2v) is 6.71. The van der Waals surface area contributed by atoms with Crippen molar-refractivity contribution in [3.8, 4) is 5.75 Å². The molecule has 0 saturated carbocycles. The van der Waals surface area contributed by atoms with E-state index in [9.17, 15) is 0 Å². The minimum absolute atomic E-state index is 0.692. The lowest BCUT2D eigenvalue weighted by atomic mass is 10.3. The fraction of sp³-hybridized carbons (Fsp3) is 0.385. The molecule has 108 valence electrons. The molecule has 5 nitrogen and oxygen atoms in total. The Morgan fingerprint density at radius 1 is 1.30 bits per heavy atom. The molecule has 1 aromatic carbocycles. The van der Waals surface area contributed by atoms with Gasteiger partial charge in [-0.05, 0) is 18.6 Å². The van der Waals surface area contributed by atoms with Crippen LogP contribution in [0.15, 0.2) is 27.4 Å². The maximum atomic E-state index is 5.90. The summed E-state index contributed by atoms with van der Waals surface area (Å²) in [4.78, 5) is 2.95. The highest BCUT2D eigenvalue weighted by Gasteiger charge is 2.09. The van der Waals surface area contributed by atoms with Gasteiger partial charge in [-0.15, -0.1) is 10.2 Å². The molecule has 0 radical (unpaired) electrons. The summed E-state index contributed by atoms with van der Waals surface area (Å²) in [7, 11) is 3.90. The molecule has 0 amide bonds. The molecule has 0 spiro atoms. The second-order valence-electron chi connectivity index (χ2n) is 4.43. The van der Waals surface area contributed by atoms with Crippen molar-refractivity contribution >= 4 is 33.9 Å². The topological polar surface area (TPSA) is 64.3 Å². The van der Waals surface area contributed by atoms with Gasteiger partial charge in [0.1, 0.15) is 5.75 Å². The molecule has 0 aliphatic carbocycles. The van der Waals surface area contributed by atoms with Gasteiger partial charge in [-0.25, -0.2) is 0 Å².